The van der Waals surface area contributed by atoms with Crippen molar-refractivity contribution in [2.75, 3.05) is 13.7 Å². The molecule has 0 heterocycles. The highest BCUT2D eigenvalue weighted by atomic mass is 16.5. The van der Waals surface area contributed by atoms with Crippen molar-refractivity contribution in [3.63, 3.8) is 0 Å². The first kappa shape index (κ1) is 15.5. The van der Waals surface area contributed by atoms with Crippen LogP contribution in [0.3, 0.4) is 0 Å². The van der Waals surface area contributed by atoms with Gasteiger partial charge in [0.2, 0.25) is 0 Å². The zero-order valence-corrected chi connectivity index (χ0v) is 12.1. The number of benzene rings is 1. The molecule has 1 amide bonds. The first-order chi connectivity index (χ1) is 8.85. The molecule has 0 bridgehead atoms. The molecule has 19 heavy (non-hydrogen) atoms. The van der Waals surface area contributed by atoms with Crippen LogP contribution in [0, 0.1) is 5.41 Å². The van der Waals surface area contributed by atoms with Gasteiger partial charge >= 0.3 is 0 Å². The SMILES string of the molecule is COc1cccc(C(=O)NC(CO)CC(C)(C)C)c1. The summed E-state index contributed by atoms with van der Waals surface area (Å²) in [6.07, 6.45) is 0.721. The van der Waals surface area contributed by atoms with Crippen molar-refractivity contribution in [2.45, 2.75) is 33.2 Å². The molecule has 0 spiro atoms. The minimum absolute atomic E-state index is 0.0506. The Balaban J connectivity index is 2.71. The molecule has 0 aliphatic heterocycles. The van der Waals surface area contributed by atoms with Gasteiger partial charge in [-0.25, -0.2) is 0 Å². The first-order valence-corrected chi connectivity index (χ1v) is 6.41. The van der Waals surface area contributed by atoms with Crippen LogP contribution in [0.5, 0.6) is 5.75 Å². The third kappa shape index (κ3) is 5.30. The summed E-state index contributed by atoms with van der Waals surface area (Å²) in [6, 6.07) is 6.73. The molecule has 0 aromatic heterocycles. The predicted octanol–water partition coefficient (Wildman–Crippen LogP) is 2.22. The number of rotatable bonds is 5. The van der Waals surface area contributed by atoms with E-state index in [1.807, 2.05) is 0 Å². The van der Waals surface area contributed by atoms with Crippen molar-refractivity contribution in [1.82, 2.24) is 5.32 Å². The maximum atomic E-state index is 12.1. The van der Waals surface area contributed by atoms with E-state index in [4.69, 9.17) is 4.74 Å². The van der Waals surface area contributed by atoms with Crippen molar-refractivity contribution in [3.05, 3.63) is 29.8 Å². The Morgan fingerprint density at radius 3 is 2.63 bits per heavy atom. The van der Waals surface area contributed by atoms with Crippen LogP contribution in [-0.4, -0.2) is 30.8 Å². The van der Waals surface area contributed by atoms with Crippen molar-refractivity contribution in [3.8, 4) is 5.75 Å². The number of amides is 1. The molecule has 1 aromatic rings. The van der Waals surface area contributed by atoms with Gasteiger partial charge < -0.3 is 15.2 Å². The quantitative estimate of drug-likeness (QED) is 0.858. The number of methoxy groups -OCH3 is 1. The number of aliphatic hydroxyl groups is 1. The van der Waals surface area contributed by atoms with E-state index in [0.29, 0.717) is 11.3 Å². The van der Waals surface area contributed by atoms with E-state index < -0.39 is 0 Å². The third-order valence-corrected chi connectivity index (χ3v) is 2.75. The van der Waals surface area contributed by atoms with Crippen molar-refractivity contribution >= 4 is 5.91 Å². The number of carbonyl (C=O) groups is 1. The van der Waals surface area contributed by atoms with Gasteiger partial charge in [0.15, 0.2) is 0 Å². The summed E-state index contributed by atoms with van der Waals surface area (Å²) in [7, 11) is 1.56. The maximum Gasteiger partial charge on any atom is 0.251 e. The Hall–Kier alpha value is -1.55. The molecule has 0 saturated carbocycles. The number of aliphatic hydroxyl groups excluding tert-OH is 1. The largest absolute Gasteiger partial charge is 0.497 e. The molecule has 1 atom stereocenters. The Labute approximate surface area is 114 Å². The number of hydrogen-bond acceptors (Lipinski definition) is 3. The van der Waals surface area contributed by atoms with Gasteiger partial charge in [0.25, 0.3) is 5.91 Å². The molecule has 0 aliphatic carbocycles. The number of ether oxygens (including phenoxy) is 1. The second-order valence-corrected chi connectivity index (χ2v) is 5.85. The standard InChI is InChI=1S/C15H23NO3/c1-15(2,3)9-12(10-17)16-14(18)11-6-5-7-13(8-11)19-4/h5-8,12,17H,9-10H2,1-4H3,(H,16,18). The van der Waals surface area contributed by atoms with Crippen molar-refractivity contribution < 1.29 is 14.6 Å². The normalized spacial score (nSPS) is 12.9. The fourth-order valence-corrected chi connectivity index (χ4v) is 1.93. The van der Waals surface area contributed by atoms with Crippen LogP contribution in [0.15, 0.2) is 24.3 Å². The van der Waals surface area contributed by atoms with Crippen LogP contribution in [0.25, 0.3) is 0 Å². The first-order valence-electron chi connectivity index (χ1n) is 6.41. The van der Waals surface area contributed by atoms with Gasteiger partial charge in [-0.05, 0) is 30.0 Å². The molecule has 1 unspecified atom stereocenters. The van der Waals surface area contributed by atoms with Crippen LogP contribution in [0.4, 0.5) is 0 Å². The smallest absolute Gasteiger partial charge is 0.251 e. The highest BCUT2D eigenvalue weighted by Crippen LogP contribution is 2.21. The average molecular weight is 265 g/mol. The van der Waals surface area contributed by atoms with Gasteiger partial charge in [0, 0.05) is 5.56 Å². The van der Waals surface area contributed by atoms with Crippen molar-refractivity contribution in [2.24, 2.45) is 5.41 Å². The molecular formula is C15H23NO3. The lowest BCUT2D eigenvalue weighted by Gasteiger charge is -2.25. The van der Waals surface area contributed by atoms with E-state index in [1.165, 1.54) is 0 Å². The summed E-state index contributed by atoms with van der Waals surface area (Å²) < 4.78 is 5.09. The van der Waals surface area contributed by atoms with E-state index in [2.05, 4.69) is 26.1 Å². The summed E-state index contributed by atoms with van der Waals surface area (Å²) in [4.78, 5) is 12.1. The summed E-state index contributed by atoms with van der Waals surface area (Å²) in [5.41, 5.74) is 0.585. The van der Waals surface area contributed by atoms with E-state index >= 15 is 0 Å². The number of hydrogen-bond donors (Lipinski definition) is 2. The van der Waals surface area contributed by atoms with Gasteiger partial charge in [-0.15, -0.1) is 0 Å². The summed E-state index contributed by atoms with van der Waals surface area (Å²) >= 11 is 0. The molecule has 4 heteroatoms. The minimum Gasteiger partial charge on any atom is -0.497 e. The highest BCUT2D eigenvalue weighted by Gasteiger charge is 2.20. The highest BCUT2D eigenvalue weighted by molar-refractivity contribution is 5.94. The van der Waals surface area contributed by atoms with Gasteiger partial charge in [-0.2, -0.15) is 0 Å². The van der Waals surface area contributed by atoms with E-state index in [1.54, 1.807) is 31.4 Å². The fraction of sp³-hybridized carbons (Fsp3) is 0.533. The molecule has 1 rings (SSSR count). The second kappa shape index (κ2) is 6.57. The lowest BCUT2D eigenvalue weighted by atomic mass is 9.88. The molecule has 0 aliphatic rings. The molecule has 4 nitrogen and oxygen atoms in total. The van der Waals surface area contributed by atoms with Gasteiger partial charge in [-0.3, -0.25) is 4.79 Å². The van der Waals surface area contributed by atoms with E-state index in [0.717, 1.165) is 6.42 Å². The van der Waals surface area contributed by atoms with Crippen LogP contribution >= 0.6 is 0 Å². The molecule has 2 N–H and O–H groups in total. The molecule has 106 valence electrons. The molecular weight excluding hydrogens is 242 g/mol. The summed E-state index contributed by atoms with van der Waals surface area (Å²) in [6.45, 7) is 6.17. The molecule has 0 fully saturated rings. The third-order valence-electron chi connectivity index (χ3n) is 2.75. The lowest BCUT2D eigenvalue weighted by Crippen LogP contribution is -2.40. The lowest BCUT2D eigenvalue weighted by molar-refractivity contribution is 0.0897. The second-order valence-electron chi connectivity index (χ2n) is 5.85. The predicted molar refractivity (Wildman–Crippen MR) is 75.4 cm³/mol. The Morgan fingerprint density at radius 1 is 1.42 bits per heavy atom. The molecule has 0 radical (unpaired) electrons. The fourth-order valence-electron chi connectivity index (χ4n) is 1.93. The Bertz CT molecular complexity index is 424. The van der Waals surface area contributed by atoms with Crippen molar-refractivity contribution in [1.29, 1.82) is 0 Å². The Morgan fingerprint density at radius 2 is 2.11 bits per heavy atom. The van der Waals surface area contributed by atoms with Gasteiger partial charge in [0.05, 0.1) is 19.8 Å². The molecule has 1 aromatic carbocycles. The Kier molecular flexibility index (Phi) is 5.36. The van der Waals surface area contributed by atoms with E-state index in [-0.39, 0.29) is 24.0 Å². The zero-order chi connectivity index (χ0) is 14.5. The minimum atomic E-state index is -0.237. The average Bonchev–Trinajstić information content (AvgIpc) is 2.36. The monoisotopic (exact) mass is 265 g/mol. The topological polar surface area (TPSA) is 58.6 Å². The summed E-state index contributed by atoms with van der Waals surface area (Å²) in [5, 5.41) is 12.2. The van der Waals surface area contributed by atoms with Crippen LogP contribution in [0.1, 0.15) is 37.6 Å². The molecule has 0 saturated heterocycles. The van der Waals surface area contributed by atoms with E-state index in [9.17, 15) is 9.90 Å². The van der Waals surface area contributed by atoms with Gasteiger partial charge in [-0.1, -0.05) is 26.8 Å². The maximum absolute atomic E-state index is 12.1. The summed E-state index contributed by atoms with van der Waals surface area (Å²) in [5.74, 6) is 0.450. The van der Waals surface area contributed by atoms with Crippen LogP contribution < -0.4 is 10.1 Å². The van der Waals surface area contributed by atoms with Crippen LogP contribution in [-0.2, 0) is 0 Å². The number of nitrogens with one attached hydrogen (secondary N) is 1. The van der Waals surface area contributed by atoms with Gasteiger partial charge in [0.1, 0.15) is 5.75 Å². The zero-order valence-electron chi connectivity index (χ0n) is 12.1. The van der Waals surface area contributed by atoms with Crippen LogP contribution in [0.2, 0.25) is 0 Å². The number of carbonyl (C=O) groups excluding carboxylic acids is 1.